The van der Waals surface area contributed by atoms with E-state index < -0.39 is 24.1 Å². The first kappa shape index (κ1) is 19.7. The van der Waals surface area contributed by atoms with E-state index in [2.05, 4.69) is 9.97 Å². The van der Waals surface area contributed by atoms with E-state index in [-0.39, 0.29) is 16.9 Å². The molecule has 0 bridgehead atoms. The molecule has 0 unspecified atom stereocenters. The van der Waals surface area contributed by atoms with Crippen molar-refractivity contribution in [3.8, 4) is 0 Å². The number of amides is 1. The highest BCUT2D eigenvalue weighted by Gasteiger charge is 2.24. The molecule has 8 nitrogen and oxygen atoms in total. The summed E-state index contributed by atoms with van der Waals surface area (Å²) in [5.41, 5.74) is 0.447. The number of fused-ring (bicyclic) bond motifs is 1. The van der Waals surface area contributed by atoms with Crippen LogP contribution < -0.4 is 16.0 Å². The quantitative estimate of drug-likeness (QED) is 0.694. The molecule has 0 radical (unpaired) electrons. The number of anilines is 1. The monoisotopic (exact) mass is 415 g/mol. The van der Waals surface area contributed by atoms with Crippen LogP contribution in [0.15, 0.2) is 52.4 Å². The molecular weight excluding hydrogens is 396 g/mol. The SMILES string of the molecule is O=C(c1ccc[nH]c1=O)N1CCN(c2ccc3c(=O)n(CC(F)F)cnc3c2)CC1. The standard InChI is InChI=1S/C20H19F2N5O3/c21-17(22)11-27-12-24-16-10-13(3-4-14(16)19(27)29)25-6-8-26(9-7-25)20(30)15-2-1-5-23-18(15)28/h1-5,10,12,17H,6-9,11H2,(H,23,28). The van der Waals surface area contributed by atoms with Gasteiger partial charge in [-0.25, -0.2) is 13.8 Å². The number of aromatic amines is 1. The van der Waals surface area contributed by atoms with Gasteiger partial charge in [-0.2, -0.15) is 0 Å². The van der Waals surface area contributed by atoms with E-state index in [1.165, 1.54) is 12.3 Å². The molecule has 10 heteroatoms. The fourth-order valence-electron chi connectivity index (χ4n) is 3.55. The lowest BCUT2D eigenvalue weighted by atomic mass is 10.1. The minimum absolute atomic E-state index is 0.112. The van der Waals surface area contributed by atoms with E-state index in [0.717, 1.165) is 16.6 Å². The van der Waals surface area contributed by atoms with E-state index in [0.29, 0.717) is 31.7 Å². The molecule has 1 saturated heterocycles. The molecule has 0 spiro atoms. The van der Waals surface area contributed by atoms with Crippen LogP contribution in [0.1, 0.15) is 10.4 Å². The first-order valence-electron chi connectivity index (χ1n) is 9.43. The highest BCUT2D eigenvalue weighted by Crippen LogP contribution is 2.21. The van der Waals surface area contributed by atoms with Gasteiger partial charge in [0.1, 0.15) is 5.56 Å². The Morgan fingerprint density at radius 2 is 1.90 bits per heavy atom. The van der Waals surface area contributed by atoms with Gasteiger partial charge in [0, 0.05) is 38.1 Å². The molecule has 3 aromatic rings. The van der Waals surface area contributed by atoms with Gasteiger partial charge in [0.25, 0.3) is 23.5 Å². The number of nitrogens with zero attached hydrogens (tertiary/aromatic N) is 4. The van der Waals surface area contributed by atoms with Gasteiger partial charge < -0.3 is 14.8 Å². The normalized spacial score (nSPS) is 14.5. The average molecular weight is 415 g/mol. The zero-order valence-electron chi connectivity index (χ0n) is 15.9. The van der Waals surface area contributed by atoms with Crippen LogP contribution in [0, 0.1) is 0 Å². The number of pyridine rings is 1. The van der Waals surface area contributed by atoms with Crippen molar-refractivity contribution in [2.45, 2.75) is 13.0 Å². The predicted octanol–water partition coefficient (Wildman–Crippen LogP) is 1.31. The Labute approximate surface area is 169 Å². The second-order valence-corrected chi connectivity index (χ2v) is 6.99. The van der Waals surface area contributed by atoms with Crippen molar-refractivity contribution < 1.29 is 13.6 Å². The number of nitrogens with one attached hydrogen (secondary N) is 1. The van der Waals surface area contributed by atoms with Gasteiger partial charge in [-0.3, -0.25) is 19.0 Å². The molecule has 2 aromatic heterocycles. The smallest absolute Gasteiger partial charge is 0.261 e. The number of carbonyl (C=O) groups excluding carboxylic acids is 1. The van der Waals surface area contributed by atoms with Gasteiger partial charge in [-0.15, -0.1) is 0 Å². The van der Waals surface area contributed by atoms with Crippen LogP contribution in [0.3, 0.4) is 0 Å². The highest BCUT2D eigenvalue weighted by molar-refractivity contribution is 5.94. The molecule has 4 rings (SSSR count). The number of piperazine rings is 1. The van der Waals surface area contributed by atoms with Crippen LogP contribution in [0.25, 0.3) is 10.9 Å². The number of halogens is 2. The lowest BCUT2D eigenvalue weighted by Crippen LogP contribution is -2.49. The van der Waals surface area contributed by atoms with Crippen molar-refractivity contribution in [2.24, 2.45) is 0 Å². The van der Waals surface area contributed by atoms with Crippen LogP contribution in [0.4, 0.5) is 14.5 Å². The average Bonchev–Trinajstić information content (AvgIpc) is 2.75. The number of hydrogen-bond acceptors (Lipinski definition) is 5. The van der Waals surface area contributed by atoms with Gasteiger partial charge in [0.15, 0.2) is 0 Å². The molecule has 1 N–H and O–H groups in total. The lowest BCUT2D eigenvalue weighted by molar-refractivity contribution is 0.0745. The Bertz CT molecular complexity index is 1200. The molecule has 1 amide bonds. The number of H-pyrrole nitrogens is 1. The van der Waals surface area contributed by atoms with Crippen molar-refractivity contribution in [3.05, 3.63) is 69.1 Å². The number of aromatic nitrogens is 3. The van der Waals surface area contributed by atoms with Crippen molar-refractivity contribution in [2.75, 3.05) is 31.1 Å². The molecule has 0 aliphatic carbocycles. The molecule has 1 aromatic carbocycles. The molecule has 1 aliphatic heterocycles. The summed E-state index contributed by atoms with van der Waals surface area (Å²) in [5, 5.41) is 0.277. The Hall–Kier alpha value is -3.56. The van der Waals surface area contributed by atoms with Crippen LogP contribution >= 0.6 is 0 Å². The third kappa shape index (κ3) is 3.80. The van der Waals surface area contributed by atoms with Crippen LogP contribution in [0.2, 0.25) is 0 Å². The maximum Gasteiger partial charge on any atom is 0.261 e. The van der Waals surface area contributed by atoms with E-state index in [9.17, 15) is 23.2 Å². The lowest BCUT2D eigenvalue weighted by Gasteiger charge is -2.36. The zero-order valence-corrected chi connectivity index (χ0v) is 15.9. The minimum Gasteiger partial charge on any atom is -0.368 e. The number of hydrogen-bond donors (Lipinski definition) is 1. The predicted molar refractivity (Wildman–Crippen MR) is 107 cm³/mol. The molecular formula is C20H19F2N5O3. The van der Waals surface area contributed by atoms with Crippen LogP contribution in [0.5, 0.6) is 0 Å². The maximum absolute atomic E-state index is 12.6. The summed E-state index contributed by atoms with van der Waals surface area (Å²) in [5.74, 6) is -0.309. The summed E-state index contributed by atoms with van der Waals surface area (Å²) < 4.78 is 26.1. The second kappa shape index (κ2) is 8.05. The summed E-state index contributed by atoms with van der Waals surface area (Å²) in [6.07, 6.45) is -0.0199. The van der Waals surface area contributed by atoms with Gasteiger partial charge in [-0.05, 0) is 30.3 Å². The van der Waals surface area contributed by atoms with E-state index >= 15 is 0 Å². The number of alkyl halides is 2. The number of rotatable bonds is 4. The van der Waals surface area contributed by atoms with Crippen molar-refractivity contribution in [3.63, 3.8) is 0 Å². The molecule has 156 valence electrons. The number of benzene rings is 1. The third-order valence-corrected chi connectivity index (χ3v) is 5.12. The Kier molecular flexibility index (Phi) is 5.30. The summed E-state index contributed by atoms with van der Waals surface area (Å²) in [6, 6.07) is 8.19. The summed E-state index contributed by atoms with van der Waals surface area (Å²) in [7, 11) is 0. The maximum atomic E-state index is 12.6. The van der Waals surface area contributed by atoms with Crippen molar-refractivity contribution in [1.29, 1.82) is 0 Å². The topological polar surface area (TPSA) is 91.3 Å². The van der Waals surface area contributed by atoms with Crippen LogP contribution in [-0.2, 0) is 6.54 Å². The Balaban J connectivity index is 1.49. The van der Waals surface area contributed by atoms with E-state index in [1.54, 1.807) is 29.2 Å². The first-order valence-corrected chi connectivity index (χ1v) is 9.43. The van der Waals surface area contributed by atoms with Gasteiger partial charge in [-0.1, -0.05) is 0 Å². The summed E-state index contributed by atoms with van der Waals surface area (Å²) in [6.45, 7) is 1.28. The Morgan fingerprint density at radius 1 is 1.13 bits per heavy atom. The summed E-state index contributed by atoms with van der Waals surface area (Å²) >= 11 is 0. The van der Waals surface area contributed by atoms with E-state index in [1.807, 2.05) is 4.90 Å². The van der Waals surface area contributed by atoms with Gasteiger partial charge >= 0.3 is 0 Å². The first-order chi connectivity index (χ1) is 14.4. The van der Waals surface area contributed by atoms with Gasteiger partial charge in [0.2, 0.25) is 0 Å². The zero-order chi connectivity index (χ0) is 21.3. The van der Waals surface area contributed by atoms with E-state index in [4.69, 9.17) is 0 Å². The van der Waals surface area contributed by atoms with Crippen molar-refractivity contribution in [1.82, 2.24) is 19.4 Å². The fourth-order valence-corrected chi connectivity index (χ4v) is 3.55. The highest BCUT2D eigenvalue weighted by atomic mass is 19.3. The summed E-state index contributed by atoms with van der Waals surface area (Å²) in [4.78, 5) is 47.1. The molecule has 1 fully saturated rings. The minimum atomic E-state index is -2.63. The largest absolute Gasteiger partial charge is 0.368 e. The molecule has 3 heterocycles. The molecule has 30 heavy (non-hydrogen) atoms. The van der Waals surface area contributed by atoms with Crippen LogP contribution in [-0.4, -0.2) is 57.9 Å². The fraction of sp³-hybridized carbons (Fsp3) is 0.300. The Morgan fingerprint density at radius 3 is 2.60 bits per heavy atom. The molecule has 0 atom stereocenters. The molecule has 1 aliphatic rings. The second-order valence-electron chi connectivity index (χ2n) is 6.99. The molecule has 0 saturated carbocycles. The van der Waals surface area contributed by atoms with Crippen molar-refractivity contribution >= 4 is 22.5 Å². The third-order valence-electron chi connectivity index (χ3n) is 5.12. The van der Waals surface area contributed by atoms with Gasteiger partial charge in [0.05, 0.1) is 23.8 Å². The number of carbonyl (C=O) groups is 1.